The average molecular weight is 888 g/mol. The molecule has 18 heteroatoms. The van der Waals surface area contributed by atoms with Gasteiger partial charge >= 0.3 is 24.0 Å². The molecule has 3 aliphatic heterocycles. The number of aromatic nitrogens is 4. The van der Waals surface area contributed by atoms with Gasteiger partial charge in [-0.2, -0.15) is 17.6 Å². The van der Waals surface area contributed by atoms with Crippen molar-refractivity contribution in [1.82, 2.24) is 35.1 Å². The number of benzene rings is 3. The fraction of sp³-hybridized carbons (Fsp3) is 0.457. The van der Waals surface area contributed by atoms with Gasteiger partial charge in [-0.1, -0.05) is 44.2 Å². The lowest BCUT2D eigenvalue weighted by atomic mass is 9.78. The molecule has 3 atom stereocenters. The van der Waals surface area contributed by atoms with Crippen molar-refractivity contribution in [3.63, 3.8) is 0 Å². The predicted molar refractivity (Wildman–Crippen MR) is 225 cm³/mol. The van der Waals surface area contributed by atoms with E-state index in [1.165, 1.54) is 30.3 Å². The van der Waals surface area contributed by atoms with E-state index in [1.54, 1.807) is 69.9 Å². The maximum absolute atomic E-state index is 16.3. The van der Waals surface area contributed by atoms with Gasteiger partial charge in [0.15, 0.2) is 5.79 Å². The number of hydrogen-bond donors (Lipinski definition) is 3. The highest BCUT2D eigenvalue weighted by atomic mass is 19.3. The highest BCUT2D eigenvalue weighted by molar-refractivity contribution is 5.87. The summed E-state index contributed by atoms with van der Waals surface area (Å²) < 4.78 is 87.4. The third-order valence-electron chi connectivity index (χ3n) is 12.4. The molecule has 3 aromatic carbocycles. The summed E-state index contributed by atoms with van der Waals surface area (Å²) in [5.74, 6) is -10.2. The molecule has 14 nitrogen and oxygen atoms in total. The summed E-state index contributed by atoms with van der Waals surface area (Å²) >= 11 is 0. The Labute approximate surface area is 366 Å². The summed E-state index contributed by atoms with van der Waals surface area (Å²) in [5, 5.41) is 2.60. The van der Waals surface area contributed by atoms with Crippen molar-refractivity contribution >= 4 is 29.1 Å². The van der Waals surface area contributed by atoms with Crippen LogP contribution in [-0.2, 0) is 35.6 Å². The first-order chi connectivity index (χ1) is 30.3. The molecule has 3 amide bonds. The van der Waals surface area contributed by atoms with Crippen LogP contribution in [0.3, 0.4) is 0 Å². The van der Waals surface area contributed by atoms with E-state index >= 15 is 17.6 Å². The first-order valence-corrected chi connectivity index (χ1v) is 21.3. The number of imidazole rings is 2. The maximum atomic E-state index is 16.3. The number of methoxy groups -OCH3 is 1. The van der Waals surface area contributed by atoms with E-state index in [4.69, 9.17) is 23.9 Å². The maximum Gasteiger partial charge on any atom is 0.410 e. The number of H-pyrrole nitrogens is 2. The summed E-state index contributed by atoms with van der Waals surface area (Å²) in [6.45, 7) is 10.1. The Morgan fingerprint density at radius 2 is 1.50 bits per heavy atom. The fourth-order valence-electron chi connectivity index (χ4n) is 9.27. The van der Waals surface area contributed by atoms with Crippen molar-refractivity contribution in [2.45, 2.75) is 95.2 Å². The zero-order chi connectivity index (χ0) is 45.5. The van der Waals surface area contributed by atoms with Gasteiger partial charge in [0.05, 0.1) is 61.9 Å². The minimum Gasteiger partial charge on any atom is -0.453 e. The molecule has 338 valence electrons. The van der Waals surface area contributed by atoms with Gasteiger partial charge in [-0.3, -0.25) is 9.69 Å². The normalized spacial score (nSPS) is 21.3. The Morgan fingerprint density at radius 1 is 0.859 bits per heavy atom. The number of nitrogens with zero attached hydrogens (tertiary/aromatic N) is 4. The monoisotopic (exact) mass is 887 g/mol. The second-order valence-corrected chi connectivity index (χ2v) is 18.2. The van der Waals surface area contributed by atoms with Crippen LogP contribution >= 0.6 is 0 Å². The van der Waals surface area contributed by atoms with Gasteiger partial charge in [0.1, 0.15) is 23.3 Å². The summed E-state index contributed by atoms with van der Waals surface area (Å²) in [5.41, 5.74) is 0.0742. The van der Waals surface area contributed by atoms with Crippen LogP contribution in [0.2, 0.25) is 0 Å². The van der Waals surface area contributed by atoms with E-state index in [0.29, 0.717) is 60.0 Å². The van der Waals surface area contributed by atoms with Crippen molar-refractivity contribution in [3.8, 4) is 33.5 Å². The Balaban J connectivity index is 1.00. The number of alkyl halides is 4. The number of halogens is 4. The Kier molecular flexibility index (Phi) is 10.5. The Hall–Kier alpha value is -6.01. The number of carbonyl (C=O) groups excluding carboxylic acids is 3. The van der Waals surface area contributed by atoms with E-state index in [1.807, 2.05) is 0 Å². The molecular formula is C46H49F4N7O7. The SMILES string of the molecule is COC(=O)N[C@H](C(=O)N1CC2(C[C@H]1c1ncc(-c3ccc4c(c3)C(F)(F)C(F)(F)c3cc(-c5ccc6nc([C@@H]7CCCN7C(=O)OC(C)(C)C)[nH]c6c5)ccc3-4)[nH]1)OCCO2)C(C)C. The molecule has 3 saturated heterocycles. The minimum absolute atomic E-state index is 0.0258. The number of ether oxygens (including phenoxy) is 4. The summed E-state index contributed by atoms with van der Waals surface area (Å²) in [4.78, 5) is 58.0. The summed E-state index contributed by atoms with van der Waals surface area (Å²) in [7, 11) is 1.20. The third kappa shape index (κ3) is 7.43. The van der Waals surface area contributed by atoms with Crippen molar-refractivity contribution in [2.75, 3.05) is 33.4 Å². The third-order valence-corrected chi connectivity index (χ3v) is 12.4. The smallest absolute Gasteiger partial charge is 0.410 e. The highest BCUT2D eigenvalue weighted by Gasteiger charge is 2.63. The number of amides is 3. The van der Waals surface area contributed by atoms with Crippen LogP contribution in [0, 0.1) is 5.92 Å². The van der Waals surface area contributed by atoms with Crippen molar-refractivity contribution < 1.29 is 50.9 Å². The van der Waals surface area contributed by atoms with Crippen LogP contribution in [0.15, 0.2) is 60.8 Å². The van der Waals surface area contributed by atoms with Crippen molar-refractivity contribution in [3.05, 3.63) is 83.6 Å². The molecule has 5 heterocycles. The molecule has 0 bridgehead atoms. The highest BCUT2D eigenvalue weighted by Crippen LogP contribution is 2.59. The molecule has 3 fully saturated rings. The molecule has 3 N–H and O–H groups in total. The zero-order valence-corrected chi connectivity index (χ0v) is 36.2. The summed E-state index contributed by atoms with van der Waals surface area (Å²) in [6, 6.07) is 11.3. The average Bonchev–Trinajstić information content (AvgIpc) is 4.11. The molecule has 0 unspecified atom stereocenters. The number of aromatic amines is 2. The van der Waals surface area contributed by atoms with E-state index in [9.17, 15) is 14.4 Å². The van der Waals surface area contributed by atoms with Crippen LogP contribution in [0.4, 0.5) is 27.2 Å². The van der Waals surface area contributed by atoms with Gasteiger partial charge in [-0.05, 0) is 86.1 Å². The molecule has 64 heavy (non-hydrogen) atoms. The van der Waals surface area contributed by atoms with E-state index in [0.717, 1.165) is 18.6 Å². The number of fused-ring (bicyclic) bond motifs is 4. The number of carbonyl (C=O) groups is 3. The van der Waals surface area contributed by atoms with Crippen molar-refractivity contribution in [1.29, 1.82) is 0 Å². The molecule has 4 aliphatic rings. The van der Waals surface area contributed by atoms with Crippen LogP contribution < -0.4 is 5.32 Å². The first-order valence-electron chi connectivity index (χ1n) is 21.3. The molecular weight excluding hydrogens is 839 g/mol. The lowest BCUT2D eigenvalue weighted by Gasteiger charge is -2.35. The topological polar surface area (TPSA) is 164 Å². The first kappa shape index (κ1) is 43.3. The molecule has 2 aromatic heterocycles. The van der Waals surface area contributed by atoms with Crippen LogP contribution in [0.1, 0.15) is 88.7 Å². The second-order valence-electron chi connectivity index (χ2n) is 18.2. The van der Waals surface area contributed by atoms with E-state index in [2.05, 4.69) is 20.3 Å². The number of hydrogen-bond acceptors (Lipinski definition) is 9. The van der Waals surface area contributed by atoms with E-state index < -0.39 is 64.5 Å². The quantitative estimate of drug-likeness (QED) is 0.135. The molecule has 1 spiro atoms. The lowest BCUT2D eigenvalue weighted by molar-refractivity contribution is -0.225. The molecule has 0 saturated carbocycles. The van der Waals surface area contributed by atoms with Gasteiger partial charge < -0.3 is 39.1 Å². The number of rotatable bonds is 7. The Morgan fingerprint density at radius 3 is 2.16 bits per heavy atom. The van der Waals surface area contributed by atoms with E-state index in [-0.39, 0.29) is 47.3 Å². The van der Waals surface area contributed by atoms with Gasteiger partial charge in [0.2, 0.25) is 5.91 Å². The fourth-order valence-corrected chi connectivity index (χ4v) is 9.27. The van der Waals surface area contributed by atoms with Gasteiger partial charge in [0, 0.05) is 29.7 Å². The zero-order valence-electron chi connectivity index (χ0n) is 36.2. The van der Waals surface area contributed by atoms with Crippen LogP contribution in [0.5, 0.6) is 0 Å². The van der Waals surface area contributed by atoms with Gasteiger partial charge in [-0.15, -0.1) is 0 Å². The van der Waals surface area contributed by atoms with Gasteiger partial charge in [-0.25, -0.2) is 19.6 Å². The largest absolute Gasteiger partial charge is 0.453 e. The second kappa shape index (κ2) is 15.6. The van der Waals surface area contributed by atoms with Gasteiger partial charge in [0.25, 0.3) is 0 Å². The Bertz CT molecular complexity index is 2650. The van der Waals surface area contributed by atoms with Crippen LogP contribution in [0.25, 0.3) is 44.5 Å². The molecule has 1 aliphatic carbocycles. The molecule has 5 aromatic rings. The molecule has 0 radical (unpaired) electrons. The number of nitrogens with one attached hydrogen (secondary N) is 3. The van der Waals surface area contributed by atoms with Crippen LogP contribution in [-0.4, -0.2) is 98.7 Å². The lowest BCUT2D eigenvalue weighted by Crippen LogP contribution is -2.52. The summed E-state index contributed by atoms with van der Waals surface area (Å²) in [6.07, 6.45) is 1.82. The predicted octanol–water partition coefficient (Wildman–Crippen LogP) is 8.95. The number of likely N-dealkylation sites (tertiary alicyclic amines) is 2. The van der Waals surface area contributed by atoms with Crippen molar-refractivity contribution in [2.24, 2.45) is 5.92 Å². The standard InChI is InChI=1S/C46H49F4N7O7/c1-24(2)37(55-41(59)61-6)40(58)57-23-44(62-16-17-63-44)21-36(57)38-51-22-34(54-38)27-10-13-29-28-12-9-25(18-30(28)45(47,48)46(49,50)31(29)19-27)26-11-14-32-33(20-26)53-39(52-32)35-8-7-15-56(35)42(60)64-43(3,4)5/h9-14,18-20,22,24,35-37H,7-8,15-17,21,23H2,1-6H3,(H,51,54)(H,52,53)(H,55,59)/t35-,36-,37-/m0/s1. The molecule has 9 rings (SSSR count). The minimum atomic E-state index is -4.60. The number of alkyl carbamates (subject to hydrolysis) is 1.